The summed E-state index contributed by atoms with van der Waals surface area (Å²) in [6, 6.07) is 8.74. The second kappa shape index (κ2) is 7.74. The molecule has 2 atom stereocenters. The molecule has 1 aliphatic rings. The Labute approximate surface area is 132 Å². The quantitative estimate of drug-likeness (QED) is 0.784. The number of hydrogen-bond acceptors (Lipinski definition) is 3. The Bertz CT molecular complexity index is 476. The third-order valence-electron chi connectivity index (χ3n) is 4.27. The van der Waals surface area contributed by atoms with Crippen molar-refractivity contribution < 1.29 is 4.79 Å². The summed E-state index contributed by atoms with van der Waals surface area (Å²) >= 11 is 1.51. The monoisotopic (exact) mass is 306 g/mol. The van der Waals surface area contributed by atoms with Gasteiger partial charge < -0.3 is 11.1 Å². The van der Waals surface area contributed by atoms with Crippen LogP contribution in [0.5, 0.6) is 0 Å². The first kappa shape index (κ1) is 16.2. The molecule has 0 radical (unpaired) electrons. The van der Waals surface area contributed by atoms with Crippen molar-refractivity contribution in [2.24, 2.45) is 17.6 Å². The molecule has 0 saturated heterocycles. The number of primary amides is 1. The molecule has 1 aliphatic carbocycles. The minimum atomic E-state index is -0.271. The van der Waals surface area contributed by atoms with Crippen molar-refractivity contribution in [1.82, 2.24) is 0 Å². The van der Waals surface area contributed by atoms with Gasteiger partial charge in [0.2, 0.25) is 5.91 Å². The van der Waals surface area contributed by atoms with Crippen LogP contribution in [0.3, 0.4) is 0 Å². The molecule has 1 saturated carbocycles. The molecule has 2 rings (SSSR count). The van der Waals surface area contributed by atoms with Crippen molar-refractivity contribution in [3.8, 4) is 0 Å². The van der Waals surface area contributed by atoms with Crippen LogP contribution in [0.25, 0.3) is 0 Å². The first-order chi connectivity index (χ1) is 10.1. The van der Waals surface area contributed by atoms with Crippen molar-refractivity contribution >= 4 is 23.4 Å². The van der Waals surface area contributed by atoms with E-state index in [0.717, 1.165) is 22.4 Å². The van der Waals surface area contributed by atoms with Gasteiger partial charge >= 0.3 is 0 Å². The van der Waals surface area contributed by atoms with E-state index >= 15 is 0 Å². The van der Waals surface area contributed by atoms with Gasteiger partial charge in [-0.05, 0) is 36.8 Å². The number of carbonyl (C=O) groups excluding carboxylic acids is 1. The molecule has 21 heavy (non-hydrogen) atoms. The fourth-order valence-corrected chi connectivity index (χ4v) is 3.80. The van der Waals surface area contributed by atoms with E-state index in [1.807, 2.05) is 12.1 Å². The summed E-state index contributed by atoms with van der Waals surface area (Å²) in [5.41, 5.74) is 6.38. The Hall–Kier alpha value is -1.16. The summed E-state index contributed by atoms with van der Waals surface area (Å²) in [4.78, 5) is 12.1. The number of benzene rings is 1. The summed E-state index contributed by atoms with van der Waals surface area (Å²) in [5, 5.41) is 3.69. The smallest absolute Gasteiger partial charge is 0.227 e. The number of nitrogens with one attached hydrogen (secondary N) is 1. The van der Waals surface area contributed by atoms with E-state index in [1.165, 1.54) is 37.4 Å². The number of rotatable bonds is 6. The Morgan fingerprint density at radius 1 is 1.38 bits per heavy atom. The standard InChI is InChI=1S/C17H26N2OS/c1-12(2)13-6-5-7-14(10-13)19-15-8-3-4-9-16(15)21-11-17(18)20/h3-4,8-9,12-14,19H,5-7,10-11H2,1-2H3,(H2,18,20). The molecule has 3 N–H and O–H groups in total. The second-order valence-electron chi connectivity index (χ2n) is 6.26. The van der Waals surface area contributed by atoms with Crippen molar-refractivity contribution in [3.63, 3.8) is 0 Å². The highest BCUT2D eigenvalue weighted by molar-refractivity contribution is 8.00. The van der Waals surface area contributed by atoms with Gasteiger partial charge in [0.25, 0.3) is 0 Å². The van der Waals surface area contributed by atoms with Gasteiger partial charge in [0.1, 0.15) is 0 Å². The van der Waals surface area contributed by atoms with Crippen LogP contribution in [-0.2, 0) is 4.79 Å². The van der Waals surface area contributed by atoms with Gasteiger partial charge in [0.05, 0.1) is 5.75 Å². The molecular weight excluding hydrogens is 280 g/mol. The van der Waals surface area contributed by atoms with Crippen molar-refractivity contribution in [1.29, 1.82) is 0 Å². The van der Waals surface area contributed by atoms with Gasteiger partial charge in [-0.2, -0.15) is 0 Å². The van der Waals surface area contributed by atoms with Crippen LogP contribution in [0.4, 0.5) is 5.69 Å². The Kier molecular flexibility index (Phi) is 5.97. The number of carbonyl (C=O) groups is 1. The summed E-state index contributed by atoms with van der Waals surface area (Å²) in [5.74, 6) is 1.64. The Morgan fingerprint density at radius 3 is 2.86 bits per heavy atom. The maximum absolute atomic E-state index is 11.0. The van der Waals surface area contributed by atoms with E-state index in [4.69, 9.17) is 5.73 Å². The van der Waals surface area contributed by atoms with Gasteiger partial charge in [0.15, 0.2) is 0 Å². The SMILES string of the molecule is CC(C)C1CCCC(Nc2ccccc2SCC(N)=O)C1. The second-order valence-corrected chi connectivity index (χ2v) is 7.28. The third kappa shape index (κ3) is 4.95. The molecule has 116 valence electrons. The van der Waals surface area contributed by atoms with Crippen LogP contribution in [0.15, 0.2) is 29.2 Å². The molecule has 0 spiro atoms. The third-order valence-corrected chi connectivity index (χ3v) is 5.37. The van der Waals surface area contributed by atoms with Crippen LogP contribution >= 0.6 is 11.8 Å². The van der Waals surface area contributed by atoms with E-state index in [1.54, 1.807) is 0 Å². The molecule has 2 unspecified atom stereocenters. The van der Waals surface area contributed by atoms with Gasteiger partial charge in [0, 0.05) is 16.6 Å². The zero-order valence-corrected chi connectivity index (χ0v) is 13.8. The molecule has 0 bridgehead atoms. The lowest BCUT2D eigenvalue weighted by Gasteiger charge is -2.33. The predicted molar refractivity (Wildman–Crippen MR) is 90.6 cm³/mol. The molecule has 1 aromatic rings. The van der Waals surface area contributed by atoms with Gasteiger partial charge in [-0.15, -0.1) is 11.8 Å². The number of anilines is 1. The number of hydrogen-bond donors (Lipinski definition) is 2. The fourth-order valence-electron chi connectivity index (χ4n) is 3.04. The summed E-state index contributed by atoms with van der Waals surface area (Å²) in [7, 11) is 0. The van der Waals surface area contributed by atoms with Gasteiger partial charge in [-0.25, -0.2) is 0 Å². The summed E-state index contributed by atoms with van der Waals surface area (Å²) in [6.07, 6.45) is 5.13. The topological polar surface area (TPSA) is 55.1 Å². The van der Waals surface area contributed by atoms with Crippen LogP contribution < -0.4 is 11.1 Å². The molecular formula is C17H26N2OS. The minimum absolute atomic E-state index is 0.271. The normalized spacial score (nSPS) is 22.2. The zero-order valence-electron chi connectivity index (χ0n) is 13.0. The Balaban J connectivity index is 2.00. The van der Waals surface area contributed by atoms with E-state index < -0.39 is 0 Å². The summed E-state index contributed by atoms with van der Waals surface area (Å²) in [6.45, 7) is 4.65. The van der Waals surface area contributed by atoms with Crippen molar-refractivity contribution in [3.05, 3.63) is 24.3 Å². The first-order valence-electron chi connectivity index (χ1n) is 7.83. The van der Waals surface area contributed by atoms with Crippen molar-refractivity contribution in [2.75, 3.05) is 11.1 Å². The highest BCUT2D eigenvalue weighted by Gasteiger charge is 2.24. The lowest BCUT2D eigenvalue weighted by molar-refractivity contribution is -0.115. The van der Waals surface area contributed by atoms with Crippen LogP contribution in [0, 0.1) is 11.8 Å². The van der Waals surface area contributed by atoms with Crippen LogP contribution in [0.2, 0.25) is 0 Å². The lowest BCUT2D eigenvalue weighted by atomic mass is 9.79. The van der Waals surface area contributed by atoms with Crippen LogP contribution in [-0.4, -0.2) is 17.7 Å². The number of amides is 1. The number of thioether (sulfide) groups is 1. The first-order valence-corrected chi connectivity index (χ1v) is 8.81. The fraction of sp³-hybridized carbons (Fsp3) is 0.588. The average Bonchev–Trinajstić information content (AvgIpc) is 2.46. The molecule has 1 amide bonds. The van der Waals surface area contributed by atoms with Gasteiger partial charge in [-0.3, -0.25) is 4.79 Å². The highest BCUT2D eigenvalue weighted by Crippen LogP contribution is 2.34. The minimum Gasteiger partial charge on any atom is -0.381 e. The van der Waals surface area contributed by atoms with E-state index in [2.05, 4.69) is 31.3 Å². The van der Waals surface area contributed by atoms with E-state index in [9.17, 15) is 4.79 Å². The Morgan fingerprint density at radius 2 is 2.14 bits per heavy atom. The largest absolute Gasteiger partial charge is 0.381 e. The molecule has 1 fully saturated rings. The maximum Gasteiger partial charge on any atom is 0.227 e. The molecule has 3 nitrogen and oxygen atoms in total. The highest BCUT2D eigenvalue weighted by atomic mass is 32.2. The lowest BCUT2D eigenvalue weighted by Crippen LogP contribution is -2.29. The van der Waals surface area contributed by atoms with Crippen LogP contribution in [0.1, 0.15) is 39.5 Å². The van der Waals surface area contributed by atoms with E-state index in [-0.39, 0.29) is 5.91 Å². The maximum atomic E-state index is 11.0. The zero-order chi connectivity index (χ0) is 15.2. The number of para-hydroxylation sites is 1. The molecule has 0 aliphatic heterocycles. The molecule has 4 heteroatoms. The summed E-state index contributed by atoms with van der Waals surface area (Å²) < 4.78 is 0. The molecule has 1 aromatic carbocycles. The van der Waals surface area contributed by atoms with E-state index in [0.29, 0.717) is 11.8 Å². The average molecular weight is 306 g/mol. The molecule has 0 aromatic heterocycles. The van der Waals surface area contributed by atoms with Crippen molar-refractivity contribution in [2.45, 2.75) is 50.5 Å². The number of nitrogens with two attached hydrogens (primary N) is 1. The molecule has 0 heterocycles. The van der Waals surface area contributed by atoms with Gasteiger partial charge in [-0.1, -0.05) is 38.8 Å². The predicted octanol–water partition coefficient (Wildman–Crippen LogP) is 3.89.